The molecule has 0 radical (unpaired) electrons. The molecule has 32 heavy (non-hydrogen) atoms. The summed E-state index contributed by atoms with van der Waals surface area (Å²) in [6.45, 7) is 4.01. The van der Waals surface area contributed by atoms with E-state index in [1.807, 2.05) is 32.0 Å². The number of aliphatic hydroxyl groups is 1. The first kappa shape index (κ1) is 20.7. The van der Waals surface area contributed by atoms with Crippen LogP contribution in [-0.2, 0) is 12.0 Å². The minimum atomic E-state index is -0.0702. The Morgan fingerprint density at radius 1 is 1.31 bits per heavy atom. The standard InChI is InChI=1S/C25H26N4O3/c1-15(2)31-22-7-6-16(12-17(22)13-26)24-27-23(29-32-24)20-4-3-5-21-19(20)9-11-25(21)10-8-18(14-30)28-25/h3-7,12,15,18,28,30H,8-11,14H2,1-2H3/t18?,25-/m0/s1. The van der Waals surface area contributed by atoms with Crippen molar-refractivity contribution in [1.82, 2.24) is 15.5 Å². The second-order valence-corrected chi connectivity index (χ2v) is 8.89. The van der Waals surface area contributed by atoms with Crippen LogP contribution < -0.4 is 10.1 Å². The third-order valence-corrected chi connectivity index (χ3v) is 6.49. The molecule has 1 aliphatic carbocycles. The van der Waals surface area contributed by atoms with Gasteiger partial charge in [-0.3, -0.25) is 0 Å². The number of aromatic nitrogens is 2. The molecule has 1 unspecified atom stereocenters. The van der Waals surface area contributed by atoms with Gasteiger partial charge >= 0.3 is 0 Å². The molecule has 0 amide bonds. The monoisotopic (exact) mass is 430 g/mol. The zero-order valence-corrected chi connectivity index (χ0v) is 18.3. The Balaban J connectivity index is 1.47. The van der Waals surface area contributed by atoms with E-state index in [2.05, 4.69) is 27.6 Å². The van der Waals surface area contributed by atoms with Gasteiger partial charge in [-0.25, -0.2) is 0 Å². The zero-order valence-electron chi connectivity index (χ0n) is 18.3. The average molecular weight is 431 g/mol. The van der Waals surface area contributed by atoms with Crippen LogP contribution in [0.1, 0.15) is 49.8 Å². The van der Waals surface area contributed by atoms with Crippen LogP contribution in [-0.4, -0.2) is 34.0 Å². The Hall–Kier alpha value is -3.21. The molecule has 1 aliphatic heterocycles. The summed E-state index contributed by atoms with van der Waals surface area (Å²) in [5.74, 6) is 1.46. The maximum Gasteiger partial charge on any atom is 0.258 e. The van der Waals surface area contributed by atoms with Crippen LogP contribution in [0, 0.1) is 11.3 Å². The van der Waals surface area contributed by atoms with Crippen LogP contribution in [0.3, 0.4) is 0 Å². The number of ether oxygens (including phenoxy) is 1. The summed E-state index contributed by atoms with van der Waals surface area (Å²) in [6.07, 6.45) is 3.91. The molecule has 164 valence electrons. The largest absolute Gasteiger partial charge is 0.490 e. The molecule has 1 aromatic heterocycles. The van der Waals surface area contributed by atoms with Crippen molar-refractivity contribution in [2.24, 2.45) is 0 Å². The SMILES string of the molecule is CC(C)Oc1ccc(-c2nc(-c3cccc4c3CC[C@@]43CCC(CO)N3)no2)cc1C#N. The highest BCUT2D eigenvalue weighted by atomic mass is 16.5. The predicted octanol–water partition coefficient (Wildman–Crippen LogP) is 3.95. The van der Waals surface area contributed by atoms with Gasteiger partial charge < -0.3 is 19.7 Å². The van der Waals surface area contributed by atoms with Crippen LogP contribution in [0.2, 0.25) is 0 Å². The first-order chi connectivity index (χ1) is 15.5. The summed E-state index contributed by atoms with van der Waals surface area (Å²) >= 11 is 0. The van der Waals surface area contributed by atoms with E-state index in [1.165, 1.54) is 11.1 Å². The minimum Gasteiger partial charge on any atom is -0.490 e. The molecule has 2 aliphatic rings. The van der Waals surface area contributed by atoms with Gasteiger partial charge in [0.05, 0.1) is 18.3 Å². The number of hydrogen-bond acceptors (Lipinski definition) is 7. The van der Waals surface area contributed by atoms with Crippen molar-refractivity contribution in [3.8, 4) is 34.7 Å². The summed E-state index contributed by atoms with van der Waals surface area (Å²) in [4.78, 5) is 4.65. The molecule has 2 aromatic carbocycles. The van der Waals surface area contributed by atoms with Crippen LogP contribution >= 0.6 is 0 Å². The minimum absolute atomic E-state index is 0.0200. The number of hydrogen-bond donors (Lipinski definition) is 2. The van der Waals surface area contributed by atoms with Crippen LogP contribution in [0.15, 0.2) is 40.9 Å². The number of nitrogens with zero attached hydrogens (tertiary/aromatic N) is 3. The fourth-order valence-corrected chi connectivity index (χ4v) is 5.05. The van der Waals surface area contributed by atoms with Crippen molar-refractivity contribution in [2.45, 2.75) is 57.2 Å². The molecule has 1 spiro atoms. The molecule has 5 rings (SSSR count). The lowest BCUT2D eigenvalue weighted by Crippen LogP contribution is -2.40. The molecule has 2 N–H and O–H groups in total. The maximum absolute atomic E-state index is 9.58. The highest BCUT2D eigenvalue weighted by molar-refractivity contribution is 5.67. The van der Waals surface area contributed by atoms with Gasteiger partial charge in [0.2, 0.25) is 5.82 Å². The Bertz CT molecular complexity index is 1200. The molecule has 2 atom stereocenters. The predicted molar refractivity (Wildman–Crippen MR) is 119 cm³/mol. The van der Waals surface area contributed by atoms with Gasteiger partial charge in [0.25, 0.3) is 5.89 Å². The van der Waals surface area contributed by atoms with Crippen molar-refractivity contribution < 1.29 is 14.4 Å². The topological polar surface area (TPSA) is 104 Å². The van der Waals surface area contributed by atoms with E-state index in [9.17, 15) is 10.4 Å². The van der Waals surface area contributed by atoms with E-state index >= 15 is 0 Å². The Labute approximate surface area is 187 Å². The number of aliphatic hydroxyl groups excluding tert-OH is 1. The fraction of sp³-hybridized carbons (Fsp3) is 0.400. The summed E-state index contributed by atoms with van der Waals surface area (Å²) in [5.41, 5.74) is 4.54. The molecule has 0 bridgehead atoms. The number of benzene rings is 2. The lowest BCUT2D eigenvalue weighted by molar-refractivity contribution is 0.238. The van der Waals surface area contributed by atoms with Gasteiger partial charge in [-0.2, -0.15) is 10.2 Å². The molecule has 3 aromatic rings. The van der Waals surface area contributed by atoms with E-state index in [1.54, 1.807) is 12.1 Å². The van der Waals surface area contributed by atoms with Gasteiger partial charge in [-0.15, -0.1) is 0 Å². The van der Waals surface area contributed by atoms with Crippen molar-refractivity contribution >= 4 is 0 Å². The van der Waals surface area contributed by atoms with Crippen LogP contribution in [0.4, 0.5) is 0 Å². The first-order valence-electron chi connectivity index (χ1n) is 11.1. The number of fused-ring (bicyclic) bond motifs is 2. The van der Waals surface area contributed by atoms with Crippen LogP contribution in [0.25, 0.3) is 22.8 Å². The Morgan fingerprint density at radius 2 is 2.19 bits per heavy atom. The highest BCUT2D eigenvalue weighted by Crippen LogP contribution is 2.46. The van der Waals surface area contributed by atoms with Gasteiger partial charge in [0.15, 0.2) is 0 Å². The van der Waals surface area contributed by atoms with E-state index in [4.69, 9.17) is 9.26 Å². The fourth-order valence-electron chi connectivity index (χ4n) is 5.05. The average Bonchev–Trinajstić information content (AvgIpc) is 3.53. The molecule has 0 saturated carbocycles. The van der Waals surface area contributed by atoms with Gasteiger partial charge in [-0.1, -0.05) is 23.4 Å². The van der Waals surface area contributed by atoms with Gasteiger partial charge in [-0.05, 0) is 68.9 Å². The number of nitrogens with one attached hydrogen (secondary N) is 1. The zero-order chi connectivity index (χ0) is 22.3. The second-order valence-electron chi connectivity index (χ2n) is 8.89. The number of nitriles is 1. The van der Waals surface area contributed by atoms with E-state index in [0.717, 1.165) is 31.2 Å². The molecule has 7 heteroatoms. The molecule has 7 nitrogen and oxygen atoms in total. The maximum atomic E-state index is 9.58. The summed E-state index contributed by atoms with van der Waals surface area (Å²) in [5, 5.41) is 27.0. The van der Waals surface area contributed by atoms with E-state index in [-0.39, 0.29) is 24.3 Å². The van der Waals surface area contributed by atoms with E-state index in [0.29, 0.717) is 28.6 Å². The molecule has 1 fully saturated rings. The Morgan fingerprint density at radius 3 is 2.94 bits per heavy atom. The van der Waals surface area contributed by atoms with Crippen molar-refractivity contribution in [3.63, 3.8) is 0 Å². The molecular formula is C25H26N4O3. The second kappa shape index (κ2) is 8.05. The highest BCUT2D eigenvalue weighted by Gasteiger charge is 2.44. The van der Waals surface area contributed by atoms with Crippen molar-refractivity contribution in [1.29, 1.82) is 5.26 Å². The third kappa shape index (κ3) is 3.46. The third-order valence-electron chi connectivity index (χ3n) is 6.49. The number of rotatable bonds is 5. The summed E-state index contributed by atoms with van der Waals surface area (Å²) in [6, 6.07) is 13.9. The summed E-state index contributed by atoms with van der Waals surface area (Å²) in [7, 11) is 0. The van der Waals surface area contributed by atoms with Crippen LogP contribution in [0.5, 0.6) is 5.75 Å². The Kier molecular flexibility index (Phi) is 5.20. The van der Waals surface area contributed by atoms with E-state index < -0.39 is 0 Å². The molecular weight excluding hydrogens is 404 g/mol. The molecule has 2 heterocycles. The quantitative estimate of drug-likeness (QED) is 0.631. The van der Waals surface area contributed by atoms with Gasteiger partial charge in [0, 0.05) is 22.7 Å². The lowest BCUT2D eigenvalue weighted by Gasteiger charge is -2.26. The van der Waals surface area contributed by atoms with Crippen molar-refractivity contribution in [2.75, 3.05) is 6.61 Å². The smallest absolute Gasteiger partial charge is 0.258 e. The molecule has 1 saturated heterocycles. The summed E-state index contributed by atoms with van der Waals surface area (Å²) < 4.78 is 11.3. The lowest BCUT2D eigenvalue weighted by atomic mass is 9.89. The van der Waals surface area contributed by atoms with Crippen molar-refractivity contribution in [3.05, 3.63) is 53.1 Å². The normalized spacial score (nSPS) is 21.8. The van der Waals surface area contributed by atoms with Gasteiger partial charge in [0.1, 0.15) is 11.8 Å². The first-order valence-corrected chi connectivity index (χ1v) is 11.1.